The highest BCUT2D eigenvalue weighted by molar-refractivity contribution is 5.85. The van der Waals surface area contributed by atoms with Gasteiger partial charge in [0, 0.05) is 13.1 Å². The van der Waals surface area contributed by atoms with Crippen molar-refractivity contribution in [2.45, 2.75) is 65.5 Å². The minimum atomic E-state index is -0.953. The molecule has 2 amide bonds. The van der Waals surface area contributed by atoms with E-state index in [0.717, 1.165) is 5.56 Å². The van der Waals surface area contributed by atoms with Crippen LogP contribution in [0.4, 0.5) is 4.79 Å². The fourth-order valence-electron chi connectivity index (χ4n) is 3.71. The highest BCUT2D eigenvalue weighted by atomic mass is 16.6. The Labute approximate surface area is 190 Å². The SMILES string of the molecule is CC(C)CN1C(=O)[C@H](CC(=O)O)C[C@H]1COc1ccc(CCNC(=O)OC(C)(C)C)cc1. The molecule has 0 spiro atoms. The van der Waals surface area contributed by atoms with Crippen molar-refractivity contribution in [3.8, 4) is 5.75 Å². The van der Waals surface area contributed by atoms with Gasteiger partial charge in [0.15, 0.2) is 0 Å². The van der Waals surface area contributed by atoms with Gasteiger partial charge in [-0.2, -0.15) is 0 Å². The summed E-state index contributed by atoms with van der Waals surface area (Å²) in [6.07, 6.45) is 0.577. The Morgan fingerprint density at radius 1 is 1.22 bits per heavy atom. The molecule has 1 aliphatic heterocycles. The zero-order valence-electron chi connectivity index (χ0n) is 19.7. The molecule has 0 saturated carbocycles. The van der Waals surface area contributed by atoms with Gasteiger partial charge in [0.2, 0.25) is 5.91 Å². The number of nitrogens with one attached hydrogen (secondary N) is 1. The van der Waals surface area contributed by atoms with Gasteiger partial charge in [-0.3, -0.25) is 9.59 Å². The Bertz CT molecular complexity index is 785. The van der Waals surface area contributed by atoms with E-state index in [0.29, 0.717) is 44.2 Å². The predicted molar refractivity (Wildman–Crippen MR) is 121 cm³/mol. The number of carboxylic acid groups (broad SMARTS) is 1. The van der Waals surface area contributed by atoms with Crippen LogP contribution in [0.1, 0.15) is 53.0 Å². The summed E-state index contributed by atoms with van der Waals surface area (Å²) in [6, 6.07) is 7.46. The zero-order chi connectivity index (χ0) is 23.9. The molecule has 0 radical (unpaired) electrons. The molecule has 0 unspecified atom stereocenters. The lowest BCUT2D eigenvalue weighted by molar-refractivity contribution is -0.142. The Morgan fingerprint density at radius 2 is 1.88 bits per heavy atom. The number of amides is 2. The number of hydrogen-bond acceptors (Lipinski definition) is 5. The lowest BCUT2D eigenvalue weighted by atomic mass is 10.0. The largest absolute Gasteiger partial charge is 0.491 e. The van der Waals surface area contributed by atoms with E-state index in [1.54, 1.807) is 4.90 Å². The van der Waals surface area contributed by atoms with Crippen LogP contribution in [0, 0.1) is 11.8 Å². The molecule has 178 valence electrons. The van der Waals surface area contributed by atoms with Gasteiger partial charge >= 0.3 is 12.1 Å². The number of aliphatic carboxylic acids is 1. The van der Waals surface area contributed by atoms with Gasteiger partial charge in [-0.25, -0.2) is 4.79 Å². The number of hydrogen-bond donors (Lipinski definition) is 2. The van der Waals surface area contributed by atoms with Crippen molar-refractivity contribution in [2.75, 3.05) is 19.7 Å². The third-order valence-electron chi connectivity index (χ3n) is 5.06. The topological polar surface area (TPSA) is 105 Å². The Balaban J connectivity index is 1.85. The summed E-state index contributed by atoms with van der Waals surface area (Å²) in [5.74, 6) is -0.556. The molecule has 8 nitrogen and oxygen atoms in total. The molecule has 2 atom stereocenters. The third-order valence-corrected chi connectivity index (χ3v) is 5.06. The maximum Gasteiger partial charge on any atom is 0.407 e. The molecule has 1 fully saturated rings. The van der Waals surface area contributed by atoms with Crippen molar-refractivity contribution in [1.82, 2.24) is 10.2 Å². The highest BCUT2D eigenvalue weighted by Crippen LogP contribution is 2.29. The first-order chi connectivity index (χ1) is 14.9. The zero-order valence-corrected chi connectivity index (χ0v) is 19.7. The number of nitrogens with zero attached hydrogens (tertiary/aromatic N) is 1. The van der Waals surface area contributed by atoms with Crippen molar-refractivity contribution >= 4 is 18.0 Å². The molecular formula is C24H36N2O6. The molecule has 1 aromatic carbocycles. The fraction of sp³-hybridized carbons (Fsp3) is 0.625. The van der Waals surface area contributed by atoms with Crippen molar-refractivity contribution in [3.63, 3.8) is 0 Å². The van der Waals surface area contributed by atoms with E-state index in [1.807, 2.05) is 58.9 Å². The lowest BCUT2D eigenvalue weighted by Gasteiger charge is -2.26. The van der Waals surface area contributed by atoms with Crippen molar-refractivity contribution in [1.29, 1.82) is 0 Å². The number of benzene rings is 1. The van der Waals surface area contributed by atoms with Crippen LogP contribution in [0.5, 0.6) is 5.75 Å². The first-order valence-electron chi connectivity index (χ1n) is 11.2. The van der Waals surface area contributed by atoms with E-state index >= 15 is 0 Å². The van der Waals surface area contributed by atoms with Crippen LogP contribution < -0.4 is 10.1 Å². The van der Waals surface area contributed by atoms with Gasteiger partial charge in [0.1, 0.15) is 18.0 Å². The second kappa shape index (κ2) is 11.2. The number of carbonyl (C=O) groups excluding carboxylic acids is 2. The molecule has 2 rings (SSSR count). The standard InChI is InChI=1S/C24H36N2O6/c1-16(2)14-26-19(12-18(22(26)29)13-21(27)28)15-31-20-8-6-17(7-9-20)10-11-25-23(30)32-24(3,4)5/h6-9,16,18-19H,10-15H2,1-5H3,(H,25,30)(H,27,28)/t18-,19-/m0/s1. The summed E-state index contributed by atoms with van der Waals surface area (Å²) in [6.45, 7) is 10.9. The maximum absolute atomic E-state index is 12.6. The summed E-state index contributed by atoms with van der Waals surface area (Å²) in [5.41, 5.74) is 0.526. The molecule has 0 aromatic heterocycles. The Morgan fingerprint density at radius 3 is 2.44 bits per heavy atom. The minimum absolute atomic E-state index is 0.0949. The van der Waals surface area contributed by atoms with Gasteiger partial charge in [-0.15, -0.1) is 0 Å². The molecule has 0 aliphatic carbocycles. The van der Waals surface area contributed by atoms with E-state index in [1.165, 1.54) is 0 Å². The second-order valence-corrected chi connectivity index (χ2v) is 9.70. The monoisotopic (exact) mass is 448 g/mol. The molecule has 1 aliphatic rings. The number of rotatable bonds is 10. The molecule has 1 aromatic rings. The third kappa shape index (κ3) is 8.40. The van der Waals surface area contributed by atoms with Crippen LogP contribution in [-0.4, -0.2) is 59.3 Å². The molecule has 2 N–H and O–H groups in total. The van der Waals surface area contributed by atoms with E-state index in [2.05, 4.69) is 5.32 Å². The summed E-state index contributed by atoms with van der Waals surface area (Å²) in [5, 5.41) is 11.8. The summed E-state index contributed by atoms with van der Waals surface area (Å²) in [4.78, 5) is 37.2. The first kappa shape index (κ1) is 25.5. The number of ether oxygens (including phenoxy) is 2. The summed E-state index contributed by atoms with van der Waals surface area (Å²) < 4.78 is 11.1. The predicted octanol–water partition coefficient (Wildman–Crippen LogP) is 3.48. The minimum Gasteiger partial charge on any atom is -0.491 e. The van der Waals surface area contributed by atoms with Crippen LogP contribution >= 0.6 is 0 Å². The fourth-order valence-corrected chi connectivity index (χ4v) is 3.71. The van der Waals surface area contributed by atoms with Gasteiger partial charge in [-0.05, 0) is 57.2 Å². The molecule has 32 heavy (non-hydrogen) atoms. The smallest absolute Gasteiger partial charge is 0.407 e. The first-order valence-corrected chi connectivity index (χ1v) is 11.2. The van der Waals surface area contributed by atoms with E-state index in [-0.39, 0.29) is 18.4 Å². The van der Waals surface area contributed by atoms with Crippen molar-refractivity contribution in [3.05, 3.63) is 29.8 Å². The van der Waals surface area contributed by atoms with Gasteiger partial charge < -0.3 is 24.8 Å². The number of carbonyl (C=O) groups is 3. The highest BCUT2D eigenvalue weighted by Gasteiger charge is 2.40. The van der Waals surface area contributed by atoms with Crippen LogP contribution in [-0.2, 0) is 20.7 Å². The normalized spacial score (nSPS) is 18.7. The van der Waals surface area contributed by atoms with E-state index in [9.17, 15) is 14.4 Å². The van der Waals surface area contributed by atoms with Crippen LogP contribution in [0.3, 0.4) is 0 Å². The maximum atomic E-state index is 12.6. The number of carboxylic acids is 1. The molecule has 0 bridgehead atoms. The Hall–Kier alpha value is -2.77. The molecule has 1 heterocycles. The van der Waals surface area contributed by atoms with Crippen LogP contribution in [0.2, 0.25) is 0 Å². The van der Waals surface area contributed by atoms with Crippen LogP contribution in [0.15, 0.2) is 24.3 Å². The summed E-state index contributed by atoms with van der Waals surface area (Å²) >= 11 is 0. The molecule has 1 saturated heterocycles. The van der Waals surface area contributed by atoms with Crippen molar-refractivity contribution < 1.29 is 29.0 Å². The molecular weight excluding hydrogens is 412 g/mol. The van der Waals surface area contributed by atoms with Gasteiger partial charge in [0.25, 0.3) is 0 Å². The molecule has 8 heteroatoms. The second-order valence-electron chi connectivity index (χ2n) is 9.70. The van der Waals surface area contributed by atoms with E-state index < -0.39 is 23.6 Å². The average molecular weight is 449 g/mol. The summed E-state index contributed by atoms with van der Waals surface area (Å²) in [7, 11) is 0. The number of likely N-dealkylation sites (tertiary alicyclic amines) is 1. The quantitative estimate of drug-likeness (QED) is 0.568. The number of alkyl carbamates (subject to hydrolysis) is 1. The lowest BCUT2D eigenvalue weighted by Crippen LogP contribution is -2.39. The van der Waals surface area contributed by atoms with Gasteiger partial charge in [-0.1, -0.05) is 26.0 Å². The van der Waals surface area contributed by atoms with E-state index in [4.69, 9.17) is 14.6 Å². The Kier molecular flexibility index (Phi) is 8.92. The van der Waals surface area contributed by atoms with Crippen LogP contribution in [0.25, 0.3) is 0 Å². The van der Waals surface area contributed by atoms with Gasteiger partial charge in [0.05, 0.1) is 18.4 Å². The van der Waals surface area contributed by atoms with Crippen molar-refractivity contribution in [2.24, 2.45) is 11.8 Å². The average Bonchev–Trinajstić information content (AvgIpc) is 2.94.